The van der Waals surface area contributed by atoms with Crippen molar-refractivity contribution < 1.29 is 9.59 Å². The molecule has 1 aliphatic rings. The first kappa shape index (κ1) is 12.9. The van der Waals surface area contributed by atoms with Gasteiger partial charge in [-0.1, -0.05) is 0 Å². The zero-order chi connectivity index (χ0) is 12.1. The van der Waals surface area contributed by atoms with Crippen molar-refractivity contribution >= 4 is 11.8 Å². The fourth-order valence-corrected chi connectivity index (χ4v) is 1.51. The third-order valence-electron chi connectivity index (χ3n) is 2.84. The van der Waals surface area contributed by atoms with Crippen LogP contribution in [0, 0.1) is 0 Å². The first-order valence-electron chi connectivity index (χ1n) is 5.49. The van der Waals surface area contributed by atoms with Gasteiger partial charge in [0.2, 0.25) is 11.8 Å². The van der Waals surface area contributed by atoms with Crippen LogP contribution in [0.3, 0.4) is 0 Å². The van der Waals surface area contributed by atoms with Crippen molar-refractivity contribution in [3.63, 3.8) is 0 Å². The van der Waals surface area contributed by atoms with Gasteiger partial charge in [0.25, 0.3) is 0 Å². The monoisotopic (exact) mass is 228 g/mol. The highest BCUT2D eigenvalue weighted by atomic mass is 16.2. The van der Waals surface area contributed by atoms with E-state index in [1.54, 1.807) is 11.8 Å². The molecule has 3 N–H and O–H groups in total. The van der Waals surface area contributed by atoms with Crippen LogP contribution in [-0.2, 0) is 9.59 Å². The van der Waals surface area contributed by atoms with Gasteiger partial charge in [0.1, 0.15) is 0 Å². The number of primary amides is 1. The Balaban J connectivity index is 2.27. The fourth-order valence-electron chi connectivity index (χ4n) is 1.51. The largest absolute Gasteiger partial charge is 0.368 e. The summed E-state index contributed by atoms with van der Waals surface area (Å²) in [6, 6.07) is -0.462. The fraction of sp³-hybridized carbons (Fsp3) is 0.800. The molecule has 1 fully saturated rings. The second-order valence-electron chi connectivity index (χ2n) is 4.19. The third kappa shape index (κ3) is 3.79. The van der Waals surface area contributed by atoms with Crippen LogP contribution in [0.1, 0.15) is 6.92 Å². The van der Waals surface area contributed by atoms with Crippen molar-refractivity contribution in [2.45, 2.75) is 13.0 Å². The van der Waals surface area contributed by atoms with Gasteiger partial charge in [-0.3, -0.25) is 14.9 Å². The number of rotatable bonds is 4. The lowest BCUT2D eigenvalue weighted by atomic mass is 10.3. The molecule has 0 aromatic rings. The molecule has 6 heteroatoms. The summed E-state index contributed by atoms with van der Waals surface area (Å²) in [6.07, 6.45) is 0. The molecular weight excluding hydrogens is 208 g/mol. The van der Waals surface area contributed by atoms with Crippen LogP contribution < -0.4 is 11.1 Å². The van der Waals surface area contributed by atoms with Gasteiger partial charge in [0, 0.05) is 26.2 Å². The number of nitrogens with zero attached hydrogens (tertiary/aromatic N) is 2. The third-order valence-corrected chi connectivity index (χ3v) is 2.84. The van der Waals surface area contributed by atoms with E-state index in [0.29, 0.717) is 0 Å². The van der Waals surface area contributed by atoms with Crippen molar-refractivity contribution in [1.29, 1.82) is 0 Å². The van der Waals surface area contributed by atoms with E-state index in [1.165, 1.54) is 0 Å². The predicted molar refractivity (Wildman–Crippen MR) is 60.7 cm³/mol. The summed E-state index contributed by atoms with van der Waals surface area (Å²) < 4.78 is 0. The van der Waals surface area contributed by atoms with Gasteiger partial charge in [-0.15, -0.1) is 0 Å². The molecular formula is C10H20N4O2. The Hall–Kier alpha value is -1.14. The maximum absolute atomic E-state index is 11.7. The van der Waals surface area contributed by atoms with E-state index >= 15 is 0 Å². The zero-order valence-corrected chi connectivity index (χ0v) is 9.90. The standard InChI is InChI=1S/C10H20N4O2/c1-8(10(11)16)12-7-9(15)14-5-3-13(2)4-6-14/h8,12H,3-7H2,1-2H3,(H2,11,16). The minimum absolute atomic E-state index is 0.0289. The highest BCUT2D eigenvalue weighted by Crippen LogP contribution is 1.99. The number of piperazine rings is 1. The van der Waals surface area contributed by atoms with Crippen LogP contribution in [0.4, 0.5) is 0 Å². The average Bonchev–Trinajstić information content (AvgIpc) is 2.26. The number of hydrogen-bond acceptors (Lipinski definition) is 4. The summed E-state index contributed by atoms with van der Waals surface area (Å²) in [5, 5.41) is 2.81. The van der Waals surface area contributed by atoms with Crippen LogP contribution in [0.5, 0.6) is 0 Å². The maximum Gasteiger partial charge on any atom is 0.236 e. The van der Waals surface area contributed by atoms with Crippen molar-refractivity contribution in [3.8, 4) is 0 Å². The molecule has 0 spiro atoms. The lowest BCUT2D eigenvalue weighted by molar-refractivity contribution is -0.132. The molecule has 0 saturated carbocycles. The molecule has 1 saturated heterocycles. The quantitative estimate of drug-likeness (QED) is 0.596. The molecule has 0 radical (unpaired) electrons. The SMILES string of the molecule is CC(NCC(=O)N1CCN(C)CC1)C(N)=O. The number of likely N-dealkylation sites (N-methyl/N-ethyl adjacent to an activating group) is 1. The zero-order valence-electron chi connectivity index (χ0n) is 9.90. The first-order valence-corrected chi connectivity index (χ1v) is 5.49. The van der Waals surface area contributed by atoms with E-state index in [0.717, 1.165) is 26.2 Å². The Morgan fingerprint density at radius 3 is 2.38 bits per heavy atom. The molecule has 0 bridgehead atoms. The Labute approximate surface area is 95.8 Å². The van der Waals surface area contributed by atoms with E-state index in [9.17, 15) is 9.59 Å². The van der Waals surface area contributed by atoms with Crippen molar-refractivity contribution in [3.05, 3.63) is 0 Å². The Bertz CT molecular complexity index is 262. The molecule has 2 amide bonds. The normalized spacial score (nSPS) is 19.5. The molecule has 1 unspecified atom stereocenters. The Morgan fingerprint density at radius 2 is 1.88 bits per heavy atom. The van der Waals surface area contributed by atoms with E-state index < -0.39 is 11.9 Å². The summed E-state index contributed by atoms with van der Waals surface area (Å²) >= 11 is 0. The highest BCUT2D eigenvalue weighted by molar-refractivity contribution is 5.82. The lowest BCUT2D eigenvalue weighted by Gasteiger charge is -2.32. The smallest absolute Gasteiger partial charge is 0.236 e. The average molecular weight is 228 g/mol. The minimum atomic E-state index is -0.462. The number of nitrogens with two attached hydrogens (primary N) is 1. The first-order chi connectivity index (χ1) is 7.50. The Morgan fingerprint density at radius 1 is 1.31 bits per heavy atom. The van der Waals surface area contributed by atoms with Gasteiger partial charge in [-0.25, -0.2) is 0 Å². The molecule has 0 aromatic heterocycles. The second-order valence-corrected chi connectivity index (χ2v) is 4.19. The van der Waals surface area contributed by atoms with Crippen LogP contribution in [0.2, 0.25) is 0 Å². The van der Waals surface area contributed by atoms with E-state index in [-0.39, 0.29) is 12.5 Å². The molecule has 1 rings (SSSR count). The van der Waals surface area contributed by atoms with Crippen LogP contribution >= 0.6 is 0 Å². The molecule has 0 aromatic carbocycles. The lowest BCUT2D eigenvalue weighted by Crippen LogP contribution is -2.51. The Kier molecular flexibility index (Phi) is 4.70. The number of hydrogen-bond donors (Lipinski definition) is 2. The number of nitrogens with one attached hydrogen (secondary N) is 1. The number of carbonyl (C=O) groups is 2. The number of amides is 2. The van der Waals surface area contributed by atoms with Gasteiger partial charge in [-0.2, -0.15) is 0 Å². The number of carbonyl (C=O) groups excluding carboxylic acids is 2. The van der Waals surface area contributed by atoms with Gasteiger partial charge in [-0.05, 0) is 14.0 Å². The summed E-state index contributed by atoms with van der Waals surface area (Å²) in [4.78, 5) is 26.5. The van der Waals surface area contributed by atoms with Crippen molar-refractivity contribution in [2.75, 3.05) is 39.8 Å². The molecule has 1 aliphatic heterocycles. The van der Waals surface area contributed by atoms with Crippen molar-refractivity contribution in [2.24, 2.45) is 5.73 Å². The van der Waals surface area contributed by atoms with Crippen LogP contribution in [-0.4, -0.2) is 67.4 Å². The second kappa shape index (κ2) is 5.81. The summed E-state index contributed by atoms with van der Waals surface area (Å²) in [5.74, 6) is -0.410. The van der Waals surface area contributed by atoms with E-state index in [2.05, 4.69) is 10.2 Å². The van der Waals surface area contributed by atoms with Crippen LogP contribution in [0.15, 0.2) is 0 Å². The molecule has 6 nitrogen and oxygen atoms in total. The topological polar surface area (TPSA) is 78.7 Å². The minimum Gasteiger partial charge on any atom is -0.368 e. The molecule has 92 valence electrons. The predicted octanol–water partition coefficient (Wildman–Crippen LogP) is -1.78. The van der Waals surface area contributed by atoms with Gasteiger partial charge in [0.05, 0.1) is 12.6 Å². The molecule has 0 aliphatic carbocycles. The van der Waals surface area contributed by atoms with Gasteiger partial charge < -0.3 is 15.5 Å². The van der Waals surface area contributed by atoms with Crippen molar-refractivity contribution in [1.82, 2.24) is 15.1 Å². The summed E-state index contributed by atoms with van der Waals surface area (Å²) in [5.41, 5.74) is 5.09. The van der Waals surface area contributed by atoms with E-state index in [4.69, 9.17) is 5.73 Å². The van der Waals surface area contributed by atoms with Gasteiger partial charge >= 0.3 is 0 Å². The van der Waals surface area contributed by atoms with Gasteiger partial charge in [0.15, 0.2) is 0 Å². The highest BCUT2D eigenvalue weighted by Gasteiger charge is 2.19. The summed E-state index contributed by atoms with van der Waals surface area (Å²) in [6.45, 7) is 5.13. The van der Waals surface area contributed by atoms with E-state index in [1.807, 2.05) is 7.05 Å². The molecule has 16 heavy (non-hydrogen) atoms. The molecule has 1 heterocycles. The maximum atomic E-state index is 11.7. The van der Waals surface area contributed by atoms with Crippen LogP contribution in [0.25, 0.3) is 0 Å². The summed E-state index contributed by atoms with van der Waals surface area (Å²) in [7, 11) is 2.04. The molecule has 1 atom stereocenters.